The van der Waals surface area contributed by atoms with Crippen molar-refractivity contribution in [3.8, 4) is 0 Å². The van der Waals surface area contributed by atoms with Gasteiger partial charge in [0.15, 0.2) is 6.61 Å². The number of hydrogen-bond acceptors (Lipinski definition) is 7. The molecule has 1 amide bonds. The van der Waals surface area contributed by atoms with Gasteiger partial charge in [-0.15, -0.1) is 11.8 Å². The van der Waals surface area contributed by atoms with Gasteiger partial charge in [0.25, 0.3) is 5.91 Å². The summed E-state index contributed by atoms with van der Waals surface area (Å²) in [4.78, 5) is 26.4. The summed E-state index contributed by atoms with van der Waals surface area (Å²) in [5.74, 6) is 0.782. The van der Waals surface area contributed by atoms with Crippen LogP contribution in [0.1, 0.15) is 35.4 Å². The number of carbonyl (C=O) groups excluding carboxylic acids is 2. The van der Waals surface area contributed by atoms with Crippen LogP contribution in [0.3, 0.4) is 0 Å². The Morgan fingerprint density at radius 2 is 2.00 bits per heavy atom. The second-order valence-electron chi connectivity index (χ2n) is 7.20. The summed E-state index contributed by atoms with van der Waals surface area (Å²) in [6.07, 6.45) is 2.44. The fraction of sp³-hybridized carbons (Fsp3) is 0.476. The molecule has 0 spiro atoms. The van der Waals surface area contributed by atoms with Gasteiger partial charge in [0, 0.05) is 35.8 Å². The Labute approximate surface area is 175 Å². The van der Waals surface area contributed by atoms with Crippen LogP contribution in [-0.4, -0.2) is 42.5 Å². The van der Waals surface area contributed by atoms with Gasteiger partial charge in [-0.05, 0) is 57.4 Å². The number of carbonyl (C=O) groups is 2. The third kappa shape index (κ3) is 5.76. The van der Waals surface area contributed by atoms with Gasteiger partial charge in [0.05, 0.1) is 11.4 Å². The summed E-state index contributed by atoms with van der Waals surface area (Å²) in [5.41, 5.74) is 4.73. The predicted molar refractivity (Wildman–Crippen MR) is 114 cm³/mol. The Hall–Kier alpha value is -2.48. The van der Waals surface area contributed by atoms with Crippen molar-refractivity contribution in [3.05, 3.63) is 40.8 Å². The fourth-order valence-corrected chi connectivity index (χ4v) is 4.25. The third-order valence-corrected chi connectivity index (χ3v) is 5.90. The molecule has 1 aromatic heterocycles. The number of amides is 1. The Balaban J connectivity index is 1.40. The molecule has 1 aliphatic rings. The number of ether oxygens (including phenoxy) is 1. The molecule has 0 atom stereocenters. The monoisotopic (exact) mass is 417 g/mol. The zero-order valence-corrected chi connectivity index (χ0v) is 17.9. The van der Waals surface area contributed by atoms with Gasteiger partial charge in [-0.1, -0.05) is 5.16 Å². The first-order valence-corrected chi connectivity index (χ1v) is 10.9. The molecule has 8 heteroatoms. The van der Waals surface area contributed by atoms with Crippen LogP contribution < -0.4 is 10.2 Å². The maximum Gasteiger partial charge on any atom is 0.316 e. The highest BCUT2D eigenvalue weighted by molar-refractivity contribution is 7.99. The number of nitrogens with zero attached hydrogens (tertiary/aromatic N) is 2. The number of aryl methyl sites for hydroxylation is 3. The zero-order chi connectivity index (χ0) is 20.8. The van der Waals surface area contributed by atoms with Crippen LogP contribution >= 0.6 is 11.8 Å². The van der Waals surface area contributed by atoms with Gasteiger partial charge in [-0.3, -0.25) is 9.59 Å². The molecule has 0 aliphatic carbocycles. The zero-order valence-electron chi connectivity index (χ0n) is 17.1. The molecule has 0 bridgehead atoms. The summed E-state index contributed by atoms with van der Waals surface area (Å²) in [6.45, 7) is 7.54. The average Bonchev–Trinajstić information content (AvgIpc) is 3.33. The molecule has 29 heavy (non-hydrogen) atoms. The van der Waals surface area contributed by atoms with E-state index in [0.717, 1.165) is 41.4 Å². The van der Waals surface area contributed by atoms with E-state index >= 15 is 0 Å². The summed E-state index contributed by atoms with van der Waals surface area (Å²) < 4.78 is 10.2. The maximum atomic E-state index is 12.1. The summed E-state index contributed by atoms with van der Waals surface area (Å²) >= 11 is 1.41. The van der Waals surface area contributed by atoms with Crippen molar-refractivity contribution >= 4 is 35.0 Å². The van der Waals surface area contributed by atoms with Crippen LogP contribution in [0.25, 0.3) is 0 Å². The molecule has 2 heterocycles. The molecule has 1 aromatic carbocycles. The number of benzene rings is 1. The van der Waals surface area contributed by atoms with Crippen molar-refractivity contribution in [1.29, 1.82) is 0 Å². The summed E-state index contributed by atoms with van der Waals surface area (Å²) in [5, 5.41) is 6.70. The molecule has 7 nitrogen and oxygen atoms in total. The minimum absolute atomic E-state index is 0.168. The lowest BCUT2D eigenvalue weighted by atomic mass is 10.1. The molecule has 3 rings (SSSR count). The molecular formula is C21H27N3O4S. The number of rotatable bonds is 8. The summed E-state index contributed by atoms with van der Waals surface area (Å²) in [6, 6.07) is 6.01. The molecule has 1 fully saturated rings. The van der Waals surface area contributed by atoms with Crippen LogP contribution in [-0.2, 0) is 20.1 Å². The molecule has 156 valence electrons. The van der Waals surface area contributed by atoms with Crippen LogP contribution in [0.2, 0.25) is 0 Å². The number of nitrogens with one attached hydrogen (secondary N) is 1. The van der Waals surface area contributed by atoms with Crippen LogP contribution in [0, 0.1) is 20.8 Å². The number of thioether (sulfide) groups is 1. The third-order valence-electron chi connectivity index (χ3n) is 4.97. The average molecular weight is 418 g/mol. The minimum Gasteiger partial charge on any atom is -0.455 e. The van der Waals surface area contributed by atoms with Gasteiger partial charge in [-0.2, -0.15) is 0 Å². The van der Waals surface area contributed by atoms with Crippen molar-refractivity contribution in [3.63, 3.8) is 0 Å². The number of anilines is 2. The SMILES string of the molecule is Cc1cc(N2CCCC2)ccc1NC(=O)COC(=O)CSCc1c(C)noc1C. The Morgan fingerprint density at radius 1 is 1.24 bits per heavy atom. The topological polar surface area (TPSA) is 84.7 Å². The van der Waals surface area contributed by atoms with Crippen molar-refractivity contribution in [2.45, 2.75) is 39.4 Å². The highest BCUT2D eigenvalue weighted by Crippen LogP contribution is 2.25. The molecular weight excluding hydrogens is 390 g/mol. The minimum atomic E-state index is -0.419. The normalized spacial score (nSPS) is 13.6. The van der Waals surface area contributed by atoms with E-state index in [2.05, 4.69) is 21.4 Å². The quantitative estimate of drug-likeness (QED) is 0.657. The van der Waals surface area contributed by atoms with E-state index in [-0.39, 0.29) is 18.3 Å². The lowest BCUT2D eigenvalue weighted by molar-refractivity contribution is -0.144. The van der Waals surface area contributed by atoms with E-state index in [1.807, 2.05) is 32.9 Å². The van der Waals surface area contributed by atoms with Gasteiger partial charge < -0.3 is 19.5 Å². The van der Waals surface area contributed by atoms with Crippen molar-refractivity contribution in [2.24, 2.45) is 0 Å². The van der Waals surface area contributed by atoms with Gasteiger partial charge in [0.1, 0.15) is 5.76 Å². The van der Waals surface area contributed by atoms with E-state index in [1.165, 1.54) is 30.3 Å². The number of aromatic nitrogens is 1. The first kappa shape index (κ1) is 21.2. The Morgan fingerprint density at radius 3 is 2.66 bits per heavy atom. The van der Waals surface area contributed by atoms with Crippen molar-refractivity contribution < 1.29 is 18.8 Å². The Kier molecular flexibility index (Phi) is 7.19. The molecule has 0 saturated carbocycles. The van der Waals surface area contributed by atoms with Crippen molar-refractivity contribution in [1.82, 2.24) is 5.16 Å². The van der Waals surface area contributed by atoms with Crippen LogP contribution in [0.4, 0.5) is 11.4 Å². The summed E-state index contributed by atoms with van der Waals surface area (Å²) in [7, 11) is 0. The first-order valence-electron chi connectivity index (χ1n) is 9.74. The van der Waals surface area contributed by atoms with Gasteiger partial charge in [0.2, 0.25) is 0 Å². The van der Waals surface area contributed by atoms with Crippen molar-refractivity contribution in [2.75, 3.05) is 35.7 Å². The van der Waals surface area contributed by atoms with E-state index in [9.17, 15) is 9.59 Å². The van der Waals surface area contributed by atoms with Crippen LogP contribution in [0.5, 0.6) is 0 Å². The number of esters is 1. The molecule has 1 aliphatic heterocycles. The van der Waals surface area contributed by atoms with Gasteiger partial charge >= 0.3 is 5.97 Å². The van der Waals surface area contributed by atoms with Gasteiger partial charge in [-0.25, -0.2) is 0 Å². The second-order valence-corrected chi connectivity index (χ2v) is 8.18. The van der Waals surface area contributed by atoms with E-state index in [0.29, 0.717) is 5.75 Å². The smallest absolute Gasteiger partial charge is 0.316 e. The number of hydrogen-bond donors (Lipinski definition) is 1. The molecule has 1 N–H and O–H groups in total. The highest BCUT2D eigenvalue weighted by atomic mass is 32.2. The first-order chi connectivity index (χ1) is 13.9. The predicted octanol–water partition coefficient (Wildman–Crippen LogP) is 3.62. The molecule has 0 radical (unpaired) electrons. The molecule has 1 saturated heterocycles. The van der Waals surface area contributed by atoms with Crippen LogP contribution in [0.15, 0.2) is 22.7 Å². The van der Waals surface area contributed by atoms with E-state index in [1.54, 1.807) is 0 Å². The molecule has 2 aromatic rings. The van der Waals surface area contributed by atoms with E-state index in [4.69, 9.17) is 9.26 Å². The highest BCUT2D eigenvalue weighted by Gasteiger charge is 2.15. The maximum absolute atomic E-state index is 12.1. The second kappa shape index (κ2) is 9.82. The van der Waals surface area contributed by atoms with E-state index < -0.39 is 5.97 Å². The largest absolute Gasteiger partial charge is 0.455 e. The standard InChI is InChI=1S/C21H27N3O4S/c1-14-10-17(24-8-4-5-9-24)6-7-19(14)22-20(25)11-27-21(26)13-29-12-18-15(2)23-28-16(18)3/h6-7,10H,4-5,8-9,11-13H2,1-3H3,(H,22,25). The molecule has 0 unspecified atom stereocenters. The Bertz CT molecular complexity index is 855. The lowest BCUT2D eigenvalue weighted by Crippen LogP contribution is -2.22. The lowest BCUT2D eigenvalue weighted by Gasteiger charge is -2.19. The fourth-order valence-electron chi connectivity index (χ4n) is 3.28.